The molecule has 22 heavy (non-hydrogen) atoms. The first-order valence-corrected chi connectivity index (χ1v) is 8.79. The van der Waals surface area contributed by atoms with Gasteiger partial charge in [0.05, 0.1) is 5.69 Å². The molecule has 0 unspecified atom stereocenters. The molecular formula is C18H17BrN2S. The van der Waals surface area contributed by atoms with E-state index in [4.69, 9.17) is 4.98 Å². The lowest BCUT2D eigenvalue weighted by molar-refractivity contribution is 0.591. The first-order chi connectivity index (χ1) is 10.4. The van der Waals surface area contributed by atoms with Gasteiger partial charge in [-0.15, -0.1) is 11.3 Å². The smallest absolute Gasteiger partial charge is 0.125 e. The van der Waals surface area contributed by atoms with Gasteiger partial charge in [-0.2, -0.15) is 0 Å². The van der Waals surface area contributed by atoms with Crippen molar-refractivity contribution in [1.82, 2.24) is 9.97 Å². The lowest BCUT2D eigenvalue weighted by Crippen LogP contribution is -2.12. The topological polar surface area (TPSA) is 25.8 Å². The van der Waals surface area contributed by atoms with Gasteiger partial charge in [-0.25, -0.2) is 4.98 Å². The van der Waals surface area contributed by atoms with E-state index in [0.717, 1.165) is 26.3 Å². The number of benzene rings is 1. The Hall–Kier alpha value is -1.52. The molecule has 0 aliphatic heterocycles. The van der Waals surface area contributed by atoms with Gasteiger partial charge < -0.3 is 0 Å². The Balaban J connectivity index is 2.06. The molecular weight excluding hydrogens is 356 g/mol. The fourth-order valence-corrected chi connectivity index (χ4v) is 3.65. The van der Waals surface area contributed by atoms with Crippen LogP contribution in [0.2, 0.25) is 0 Å². The molecule has 112 valence electrons. The van der Waals surface area contributed by atoms with Gasteiger partial charge in [-0.3, -0.25) is 4.98 Å². The van der Waals surface area contributed by atoms with Gasteiger partial charge >= 0.3 is 0 Å². The average molecular weight is 373 g/mol. The van der Waals surface area contributed by atoms with Crippen LogP contribution < -0.4 is 0 Å². The fourth-order valence-electron chi connectivity index (χ4n) is 2.40. The summed E-state index contributed by atoms with van der Waals surface area (Å²) in [5.41, 5.74) is 4.60. The number of rotatable bonds is 2. The van der Waals surface area contributed by atoms with Crippen molar-refractivity contribution in [2.45, 2.75) is 26.2 Å². The second kappa shape index (κ2) is 5.94. The van der Waals surface area contributed by atoms with Gasteiger partial charge in [0.15, 0.2) is 0 Å². The molecule has 4 heteroatoms. The summed E-state index contributed by atoms with van der Waals surface area (Å²) >= 11 is 5.18. The monoisotopic (exact) mass is 372 g/mol. The Morgan fingerprint density at radius 3 is 2.68 bits per heavy atom. The van der Waals surface area contributed by atoms with Crippen LogP contribution in [0.1, 0.15) is 26.3 Å². The van der Waals surface area contributed by atoms with Crippen molar-refractivity contribution in [3.05, 3.63) is 58.1 Å². The normalized spacial score (nSPS) is 11.6. The maximum atomic E-state index is 4.82. The Kier molecular flexibility index (Phi) is 4.15. The molecule has 0 saturated carbocycles. The van der Waals surface area contributed by atoms with Crippen molar-refractivity contribution in [3.8, 4) is 21.8 Å². The minimum Gasteiger partial charge on any atom is -0.264 e. The van der Waals surface area contributed by atoms with E-state index in [1.807, 2.05) is 24.5 Å². The van der Waals surface area contributed by atoms with Gasteiger partial charge in [-0.1, -0.05) is 48.8 Å². The van der Waals surface area contributed by atoms with Crippen molar-refractivity contribution in [2.75, 3.05) is 0 Å². The molecule has 0 bridgehead atoms. The summed E-state index contributed by atoms with van der Waals surface area (Å²) in [7, 11) is 0. The third kappa shape index (κ3) is 3.13. The molecule has 0 saturated heterocycles. The van der Waals surface area contributed by atoms with Crippen molar-refractivity contribution >= 4 is 27.3 Å². The predicted molar refractivity (Wildman–Crippen MR) is 97.2 cm³/mol. The lowest BCUT2D eigenvalue weighted by Gasteiger charge is -2.21. The van der Waals surface area contributed by atoms with E-state index in [1.54, 1.807) is 11.3 Å². The number of nitrogens with zero attached hydrogens (tertiary/aromatic N) is 2. The van der Waals surface area contributed by atoms with Crippen LogP contribution in [0.15, 0.2) is 52.6 Å². The number of hydrogen-bond donors (Lipinski definition) is 0. The largest absolute Gasteiger partial charge is 0.264 e. The summed E-state index contributed by atoms with van der Waals surface area (Å²) in [4.78, 5) is 9.11. The van der Waals surface area contributed by atoms with Crippen LogP contribution in [-0.4, -0.2) is 9.97 Å². The molecule has 2 heterocycles. The van der Waals surface area contributed by atoms with Crippen LogP contribution >= 0.6 is 27.3 Å². The number of thiazole rings is 1. The van der Waals surface area contributed by atoms with E-state index in [1.165, 1.54) is 5.56 Å². The van der Waals surface area contributed by atoms with Gasteiger partial charge in [0.2, 0.25) is 0 Å². The number of pyridine rings is 1. The molecule has 0 N–H and O–H groups in total. The highest BCUT2D eigenvalue weighted by Crippen LogP contribution is 2.35. The van der Waals surface area contributed by atoms with E-state index in [0.29, 0.717) is 0 Å². The number of hydrogen-bond acceptors (Lipinski definition) is 3. The minimum atomic E-state index is 0.0693. The molecule has 2 nitrogen and oxygen atoms in total. The average Bonchev–Trinajstić information content (AvgIpc) is 2.96. The summed E-state index contributed by atoms with van der Waals surface area (Å²) < 4.78 is 1.07. The first-order valence-electron chi connectivity index (χ1n) is 7.11. The van der Waals surface area contributed by atoms with Crippen LogP contribution in [0.25, 0.3) is 21.8 Å². The maximum absolute atomic E-state index is 4.82. The van der Waals surface area contributed by atoms with Gasteiger partial charge in [0.1, 0.15) is 5.01 Å². The van der Waals surface area contributed by atoms with Crippen molar-refractivity contribution < 1.29 is 0 Å². The van der Waals surface area contributed by atoms with Crippen LogP contribution in [0.3, 0.4) is 0 Å². The van der Waals surface area contributed by atoms with Crippen molar-refractivity contribution in [2.24, 2.45) is 0 Å². The Morgan fingerprint density at radius 2 is 1.95 bits per heavy atom. The summed E-state index contributed by atoms with van der Waals surface area (Å²) in [5.74, 6) is 0. The molecule has 3 aromatic rings. The highest BCUT2D eigenvalue weighted by atomic mass is 79.9. The molecule has 0 aliphatic carbocycles. The van der Waals surface area contributed by atoms with Crippen molar-refractivity contribution in [1.29, 1.82) is 0 Å². The second-order valence-corrected chi connectivity index (χ2v) is 7.99. The molecule has 0 spiro atoms. The Labute approximate surface area is 143 Å². The number of aromatic nitrogens is 2. The molecule has 0 atom stereocenters. The van der Waals surface area contributed by atoms with E-state index < -0.39 is 0 Å². The highest BCUT2D eigenvalue weighted by Gasteiger charge is 2.20. The summed E-state index contributed by atoms with van der Waals surface area (Å²) in [6, 6.07) is 10.3. The predicted octanol–water partition coefficient (Wildman–Crippen LogP) is 5.93. The molecule has 2 aromatic heterocycles. The lowest BCUT2D eigenvalue weighted by atomic mass is 9.85. The van der Waals surface area contributed by atoms with E-state index in [9.17, 15) is 0 Å². The molecule has 0 amide bonds. The van der Waals surface area contributed by atoms with Gasteiger partial charge in [-0.05, 0) is 29.2 Å². The van der Waals surface area contributed by atoms with Crippen LogP contribution in [-0.2, 0) is 5.41 Å². The molecule has 1 aromatic carbocycles. The highest BCUT2D eigenvalue weighted by molar-refractivity contribution is 9.10. The van der Waals surface area contributed by atoms with Crippen LogP contribution in [0.4, 0.5) is 0 Å². The zero-order valence-corrected chi connectivity index (χ0v) is 15.2. The van der Waals surface area contributed by atoms with Crippen LogP contribution in [0.5, 0.6) is 0 Å². The standard InChI is InChI=1S/C18H17BrN2S/c1-18(2,3)15-7-8-20-10-14(15)17-21-16(11-22-17)12-5-4-6-13(19)9-12/h4-11H,1-3H3. The second-order valence-electron chi connectivity index (χ2n) is 6.22. The van der Waals surface area contributed by atoms with Gasteiger partial charge in [0.25, 0.3) is 0 Å². The Morgan fingerprint density at radius 1 is 1.14 bits per heavy atom. The summed E-state index contributed by atoms with van der Waals surface area (Å²) in [6.07, 6.45) is 3.77. The minimum absolute atomic E-state index is 0.0693. The summed E-state index contributed by atoms with van der Waals surface area (Å²) in [6.45, 7) is 6.65. The molecule has 0 aliphatic rings. The Bertz CT molecular complexity index is 803. The van der Waals surface area contributed by atoms with Crippen molar-refractivity contribution in [3.63, 3.8) is 0 Å². The molecule has 3 rings (SSSR count). The van der Waals surface area contributed by atoms with Crippen LogP contribution in [0, 0.1) is 0 Å². The quantitative estimate of drug-likeness (QED) is 0.556. The zero-order chi connectivity index (χ0) is 15.7. The van der Waals surface area contributed by atoms with E-state index in [-0.39, 0.29) is 5.41 Å². The SMILES string of the molecule is CC(C)(C)c1ccncc1-c1nc(-c2cccc(Br)c2)cs1. The van der Waals surface area contributed by atoms with E-state index in [2.05, 4.69) is 65.3 Å². The fraction of sp³-hybridized carbons (Fsp3) is 0.222. The third-order valence-corrected chi connectivity index (χ3v) is 4.85. The first kappa shape index (κ1) is 15.4. The maximum Gasteiger partial charge on any atom is 0.125 e. The van der Waals surface area contributed by atoms with Gasteiger partial charge in [0, 0.05) is 33.4 Å². The third-order valence-electron chi connectivity index (χ3n) is 3.48. The molecule has 0 fully saturated rings. The number of halogens is 1. The summed E-state index contributed by atoms with van der Waals surface area (Å²) in [5, 5.41) is 3.13. The molecule has 0 radical (unpaired) electrons. The zero-order valence-electron chi connectivity index (χ0n) is 12.8. The van der Waals surface area contributed by atoms with E-state index >= 15 is 0 Å².